The van der Waals surface area contributed by atoms with Crippen molar-refractivity contribution in [3.63, 3.8) is 0 Å². The van der Waals surface area contributed by atoms with Crippen molar-refractivity contribution in [1.29, 1.82) is 0 Å². The van der Waals surface area contributed by atoms with Gasteiger partial charge in [-0.3, -0.25) is 4.90 Å². The van der Waals surface area contributed by atoms with Crippen LogP contribution in [-0.4, -0.2) is 53.7 Å². The number of rotatable bonds is 4. The molecular formula is C19H24N2O4. The second-order valence-electron chi connectivity index (χ2n) is 7.17. The Labute approximate surface area is 147 Å². The van der Waals surface area contributed by atoms with Crippen molar-refractivity contribution in [3.8, 4) is 5.75 Å². The first-order valence-electron chi connectivity index (χ1n) is 8.68. The van der Waals surface area contributed by atoms with E-state index in [0.717, 1.165) is 23.6 Å². The van der Waals surface area contributed by atoms with Crippen LogP contribution in [0.2, 0.25) is 0 Å². The second kappa shape index (κ2) is 6.44. The SMILES string of the molecule is COc1cccc([C@@H]2CO[C@]3(C2)CN(Cc2cc(C)on2)C[C@H]3O)c1. The van der Waals surface area contributed by atoms with E-state index < -0.39 is 11.7 Å². The van der Waals surface area contributed by atoms with Gasteiger partial charge in [0.1, 0.15) is 17.1 Å². The van der Waals surface area contributed by atoms with Gasteiger partial charge in [0.15, 0.2) is 0 Å². The van der Waals surface area contributed by atoms with Gasteiger partial charge in [-0.15, -0.1) is 0 Å². The minimum Gasteiger partial charge on any atom is -0.497 e. The summed E-state index contributed by atoms with van der Waals surface area (Å²) in [7, 11) is 1.68. The quantitative estimate of drug-likeness (QED) is 0.916. The first-order valence-corrected chi connectivity index (χ1v) is 8.68. The molecule has 0 radical (unpaired) electrons. The summed E-state index contributed by atoms with van der Waals surface area (Å²) in [6.45, 7) is 4.48. The third-order valence-corrected chi connectivity index (χ3v) is 5.32. The van der Waals surface area contributed by atoms with Crippen molar-refractivity contribution >= 4 is 0 Å². The molecule has 1 aromatic carbocycles. The minimum absolute atomic E-state index is 0.277. The van der Waals surface area contributed by atoms with Gasteiger partial charge in [0.25, 0.3) is 0 Å². The van der Waals surface area contributed by atoms with Crippen LogP contribution in [-0.2, 0) is 11.3 Å². The fraction of sp³-hybridized carbons (Fsp3) is 0.526. The van der Waals surface area contributed by atoms with Crippen molar-refractivity contribution in [2.75, 3.05) is 26.8 Å². The molecule has 2 fully saturated rings. The largest absolute Gasteiger partial charge is 0.497 e. The summed E-state index contributed by atoms with van der Waals surface area (Å²) in [6.07, 6.45) is 0.325. The van der Waals surface area contributed by atoms with Gasteiger partial charge >= 0.3 is 0 Å². The molecule has 1 aromatic heterocycles. The van der Waals surface area contributed by atoms with Crippen LogP contribution in [0.5, 0.6) is 5.75 Å². The summed E-state index contributed by atoms with van der Waals surface area (Å²) in [5.41, 5.74) is 1.60. The standard InChI is InChI=1S/C19H24N2O4/c1-13-6-16(20-25-13)9-21-10-18(22)19(12-21)8-15(11-24-19)14-4-3-5-17(7-14)23-2/h3-7,15,18,22H,8-12H2,1-2H3/t15-,18+,19+/m0/s1. The van der Waals surface area contributed by atoms with Crippen LogP contribution in [0, 0.1) is 6.92 Å². The van der Waals surface area contributed by atoms with Crippen LogP contribution in [0.3, 0.4) is 0 Å². The third kappa shape index (κ3) is 3.17. The highest BCUT2D eigenvalue weighted by Crippen LogP contribution is 2.43. The van der Waals surface area contributed by atoms with E-state index in [1.165, 1.54) is 5.56 Å². The molecule has 0 unspecified atom stereocenters. The molecular weight excluding hydrogens is 320 g/mol. The van der Waals surface area contributed by atoms with Crippen molar-refractivity contribution in [2.24, 2.45) is 0 Å². The molecule has 3 atom stereocenters. The van der Waals surface area contributed by atoms with Crippen molar-refractivity contribution in [1.82, 2.24) is 10.1 Å². The summed E-state index contributed by atoms with van der Waals surface area (Å²) in [4.78, 5) is 2.19. The predicted octanol–water partition coefficient (Wildman–Crippen LogP) is 2.11. The number of aryl methyl sites for hydroxylation is 1. The van der Waals surface area contributed by atoms with E-state index in [2.05, 4.69) is 22.2 Å². The lowest BCUT2D eigenvalue weighted by Gasteiger charge is -2.26. The number of ether oxygens (including phenoxy) is 2. The first kappa shape index (κ1) is 16.6. The molecule has 4 rings (SSSR count). The Morgan fingerprint density at radius 3 is 3.04 bits per heavy atom. The maximum atomic E-state index is 10.7. The zero-order chi connectivity index (χ0) is 17.4. The highest BCUT2D eigenvalue weighted by Gasteiger charge is 2.52. The van der Waals surface area contributed by atoms with Gasteiger partial charge in [-0.2, -0.15) is 0 Å². The van der Waals surface area contributed by atoms with Crippen LogP contribution < -0.4 is 4.74 Å². The highest BCUT2D eigenvalue weighted by molar-refractivity contribution is 5.32. The number of benzene rings is 1. The topological polar surface area (TPSA) is 68.0 Å². The van der Waals surface area contributed by atoms with Crippen LogP contribution in [0.1, 0.15) is 29.4 Å². The number of hydrogen-bond donors (Lipinski definition) is 1. The number of aromatic nitrogens is 1. The number of nitrogens with zero attached hydrogens (tertiary/aromatic N) is 2. The zero-order valence-corrected chi connectivity index (χ0v) is 14.6. The Morgan fingerprint density at radius 1 is 1.40 bits per heavy atom. The number of likely N-dealkylation sites (tertiary alicyclic amines) is 1. The highest BCUT2D eigenvalue weighted by atomic mass is 16.5. The van der Waals surface area contributed by atoms with E-state index in [0.29, 0.717) is 26.2 Å². The first-order chi connectivity index (χ1) is 12.1. The van der Waals surface area contributed by atoms with E-state index in [9.17, 15) is 5.11 Å². The molecule has 6 nitrogen and oxygen atoms in total. The van der Waals surface area contributed by atoms with Crippen molar-refractivity contribution in [2.45, 2.75) is 37.5 Å². The van der Waals surface area contributed by atoms with E-state index in [1.807, 2.05) is 25.1 Å². The average Bonchev–Trinajstić information content (AvgIpc) is 3.29. The van der Waals surface area contributed by atoms with E-state index >= 15 is 0 Å². The van der Waals surface area contributed by atoms with Gasteiger partial charge in [0.05, 0.1) is 25.5 Å². The molecule has 1 spiro atoms. The smallest absolute Gasteiger partial charge is 0.133 e. The van der Waals surface area contributed by atoms with E-state index in [1.54, 1.807) is 7.11 Å². The predicted molar refractivity (Wildman–Crippen MR) is 91.6 cm³/mol. The van der Waals surface area contributed by atoms with Crippen LogP contribution in [0.25, 0.3) is 0 Å². The lowest BCUT2D eigenvalue weighted by molar-refractivity contribution is -0.0594. The summed E-state index contributed by atoms with van der Waals surface area (Å²) in [5.74, 6) is 1.94. The molecule has 2 aliphatic rings. The van der Waals surface area contributed by atoms with Crippen LogP contribution in [0.15, 0.2) is 34.9 Å². The van der Waals surface area contributed by atoms with Gasteiger partial charge in [-0.05, 0) is 31.0 Å². The maximum Gasteiger partial charge on any atom is 0.133 e. The monoisotopic (exact) mass is 344 g/mol. The molecule has 0 aliphatic carbocycles. The normalized spacial score (nSPS) is 29.6. The molecule has 3 heterocycles. The molecule has 0 saturated carbocycles. The lowest BCUT2D eigenvalue weighted by Crippen LogP contribution is -2.41. The summed E-state index contributed by atoms with van der Waals surface area (Å²) in [6, 6.07) is 10.0. The van der Waals surface area contributed by atoms with E-state index in [-0.39, 0.29) is 5.92 Å². The summed E-state index contributed by atoms with van der Waals surface area (Å²) in [5, 5.41) is 14.7. The van der Waals surface area contributed by atoms with Gasteiger partial charge in [-0.1, -0.05) is 17.3 Å². The molecule has 2 aromatic rings. The van der Waals surface area contributed by atoms with Gasteiger partial charge in [-0.25, -0.2) is 0 Å². The Bertz CT molecular complexity index is 747. The zero-order valence-electron chi connectivity index (χ0n) is 14.6. The molecule has 134 valence electrons. The molecule has 25 heavy (non-hydrogen) atoms. The third-order valence-electron chi connectivity index (χ3n) is 5.32. The molecule has 1 N–H and O–H groups in total. The Balaban J connectivity index is 1.45. The Morgan fingerprint density at radius 2 is 2.28 bits per heavy atom. The molecule has 0 amide bonds. The van der Waals surface area contributed by atoms with E-state index in [4.69, 9.17) is 14.0 Å². The summed E-state index contributed by atoms with van der Waals surface area (Å²) < 4.78 is 16.6. The number of aliphatic hydroxyl groups excluding tert-OH is 1. The molecule has 2 aliphatic heterocycles. The van der Waals surface area contributed by atoms with Crippen LogP contribution in [0.4, 0.5) is 0 Å². The lowest BCUT2D eigenvalue weighted by atomic mass is 9.87. The minimum atomic E-state index is -0.494. The maximum absolute atomic E-state index is 10.7. The molecule has 2 saturated heterocycles. The fourth-order valence-corrected chi connectivity index (χ4v) is 4.05. The molecule has 6 heteroatoms. The number of hydrogen-bond acceptors (Lipinski definition) is 6. The van der Waals surface area contributed by atoms with Gasteiger partial charge in [0, 0.05) is 31.6 Å². The van der Waals surface area contributed by atoms with Gasteiger partial charge in [0.2, 0.25) is 0 Å². The number of methoxy groups -OCH3 is 1. The number of β-amino-alcohol motifs (C(OH)–C–C–N with tert-alkyl or cyclic N) is 1. The Hall–Kier alpha value is -1.89. The molecule has 0 bridgehead atoms. The van der Waals surface area contributed by atoms with Crippen molar-refractivity contribution in [3.05, 3.63) is 47.3 Å². The Kier molecular flexibility index (Phi) is 4.27. The van der Waals surface area contributed by atoms with Crippen LogP contribution >= 0.6 is 0 Å². The summed E-state index contributed by atoms with van der Waals surface area (Å²) >= 11 is 0. The fourth-order valence-electron chi connectivity index (χ4n) is 4.05. The van der Waals surface area contributed by atoms with Gasteiger partial charge < -0.3 is 19.1 Å². The number of aliphatic hydroxyl groups is 1. The average molecular weight is 344 g/mol. The van der Waals surface area contributed by atoms with Crippen molar-refractivity contribution < 1.29 is 19.1 Å². The second-order valence-corrected chi connectivity index (χ2v) is 7.17.